The molecule has 70 valence electrons. The van der Waals surface area contributed by atoms with Crippen LogP contribution in [-0.2, 0) is 6.42 Å². The fourth-order valence-electron chi connectivity index (χ4n) is 1.40. The van der Waals surface area contributed by atoms with Crippen LogP contribution >= 0.6 is 0 Å². The van der Waals surface area contributed by atoms with Gasteiger partial charge < -0.3 is 5.73 Å². The van der Waals surface area contributed by atoms with Crippen molar-refractivity contribution in [2.75, 3.05) is 0 Å². The van der Waals surface area contributed by atoms with Crippen molar-refractivity contribution in [1.82, 2.24) is 4.98 Å². The summed E-state index contributed by atoms with van der Waals surface area (Å²) in [5, 5.41) is 0. The van der Waals surface area contributed by atoms with Crippen LogP contribution in [0.5, 0.6) is 0 Å². The standard InChI is InChI=1S/C11H16N2/c1-3-5-11(12)10-6-7-13-8-9(10)4-2/h3,6-8,11H,1,4-5,12H2,2H3. The predicted molar refractivity (Wildman–Crippen MR) is 55.4 cm³/mol. The first-order valence-corrected chi connectivity index (χ1v) is 4.58. The molecular weight excluding hydrogens is 160 g/mol. The van der Waals surface area contributed by atoms with Crippen molar-refractivity contribution in [2.24, 2.45) is 5.73 Å². The Hall–Kier alpha value is -1.15. The second-order valence-electron chi connectivity index (χ2n) is 3.06. The molecule has 0 amide bonds. The van der Waals surface area contributed by atoms with E-state index < -0.39 is 0 Å². The van der Waals surface area contributed by atoms with Crippen molar-refractivity contribution < 1.29 is 0 Å². The van der Waals surface area contributed by atoms with Gasteiger partial charge in [-0.25, -0.2) is 0 Å². The largest absolute Gasteiger partial charge is 0.324 e. The zero-order valence-electron chi connectivity index (χ0n) is 8.03. The number of hydrogen-bond acceptors (Lipinski definition) is 2. The summed E-state index contributed by atoms with van der Waals surface area (Å²) >= 11 is 0. The fraction of sp³-hybridized carbons (Fsp3) is 0.364. The third-order valence-corrected chi connectivity index (χ3v) is 2.14. The van der Waals surface area contributed by atoms with E-state index in [1.165, 1.54) is 11.1 Å². The summed E-state index contributed by atoms with van der Waals surface area (Å²) in [6, 6.07) is 2.06. The second-order valence-corrected chi connectivity index (χ2v) is 3.06. The van der Waals surface area contributed by atoms with Gasteiger partial charge in [0, 0.05) is 18.4 Å². The molecule has 0 aliphatic heterocycles. The van der Waals surface area contributed by atoms with Crippen molar-refractivity contribution in [3.05, 3.63) is 42.2 Å². The number of hydrogen-bond donors (Lipinski definition) is 1. The van der Waals surface area contributed by atoms with E-state index >= 15 is 0 Å². The fourth-order valence-corrected chi connectivity index (χ4v) is 1.40. The minimum atomic E-state index is 0.0652. The van der Waals surface area contributed by atoms with Gasteiger partial charge in [-0.15, -0.1) is 6.58 Å². The first kappa shape index (κ1) is 9.93. The quantitative estimate of drug-likeness (QED) is 0.714. The molecule has 1 atom stereocenters. The number of aryl methyl sites for hydroxylation is 1. The third kappa shape index (κ3) is 2.39. The summed E-state index contributed by atoms with van der Waals surface area (Å²) in [6.45, 7) is 5.80. The van der Waals surface area contributed by atoms with Crippen LogP contribution in [-0.4, -0.2) is 4.98 Å². The molecule has 2 heteroatoms. The number of nitrogens with zero attached hydrogens (tertiary/aromatic N) is 1. The van der Waals surface area contributed by atoms with E-state index in [0.29, 0.717) is 0 Å². The topological polar surface area (TPSA) is 38.9 Å². The maximum Gasteiger partial charge on any atom is 0.0333 e. The molecular formula is C11H16N2. The van der Waals surface area contributed by atoms with Crippen molar-refractivity contribution in [3.63, 3.8) is 0 Å². The van der Waals surface area contributed by atoms with Crippen LogP contribution in [0.1, 0.15) is 30.5 Å². The Kier molecular flexibility index (Phi) is 3.65. The van der Waals surface area contributed by atoms with Gasteiger partial charge in [0.25, 0.3) is 0 Å². The lowest BCUT2D eigenvalue weighted by molar-refractivity contribution is 0.728. The molecule has 1 rings (SSSR count). The Labute approximate surface area is 79.5 Å². The molecule has 0 radical (unpaired) electrons. The first-order chi connectivity index (χ1) is 6.29. The first-order valence-electron chi connectivity index (χ1n) is 4.58. The van der Waals surface area contributed by atoms with Crippen molar-refractivity contribution in [1.29, 1.82) is 0 Å². The lowest BCUT2D eigenvalue weighted by Crippen LogP contribution is -2.11. The molecule has 1 aromatic heterocycles. The van der Waals surface area contributed by atoms with E-state index in [1.807, 2.05) is 18.3 Å². The summed E-state index contributed by atoms with van der Waals surface area (Å²) < 4.78 is 0. The second kappa shape index (κ2) is 4.77. The minimum Gasteiger partial charge on any atom is -0.324 e. The van der Waals surface area contributed by atoms with Gasteiger partial charge in [0.15, 0.2) is 0 Å². The van der Waals surface area contributed by atoms with Crippen LogP contribution in [0.2, 0.25) is 0 Å². The van der Waals surface area contributed by atoms with E-state index in [0.717, 1.165) is 12.8 Å². The molecule has 0 fully saturated rings. The minimum absolute atomic E-state index is 0.0652. The molecule has 0 aliphatic rings. The Bertz CT molecular complexity index is 281. The van der Waals surface area contributed by atoms with Crippen LogP contribution in [0.3, 0.4) is 0 Å². The highest BCUT2D eigenvalue weighted by Gasteiger charge is 2.07. The van der Waals surface area contributed by atoms with Crippen molar-refractivity contribution in [3.8, 4) is 0 Å². The summed E-state index contributed by atoms with van der Waals surface area (Å²) in [4.78, 5) is 4.08. The SMILES string of the molecule is C=CCC(N)c1ccncc1CC. The van der Waals surface area contributed by atoms with Crippen LogP contribution in [0.4, 0.5) is 0 Å². The molecule has 1 aromatic rings. The van der Waals surface area contributed by atoms with E-state index in [-0.39, 0.29) is 6.04 Å². The van der Waals surface area contributed by atoms with Gasteiger partial charge in [0.1, 0.15) is 0 Å². The molecule has 2 nitrogen and oxygen atoms in total. The smallest absolute Gasteiger partial charge is 0.0333 e. The summed E-state index contributed by atoms with van der Waals surface area (Å²) in [6.07, 6.45) is 7.32. The Morgan fingerprint density at radius 3 is 3.08 bits per heavy atom. The van der Waals surface area contributed by atoms with Gasteiger partial charge in [-0.05, 0) is 30.0 Å². The Balaban J connectivity index is 2.91. The number of aromatic nitrogens is 1. The molecule has 1 heterocycles. The van der Waals surface area contributed by atoms with Gasteiger partial charge in [-0.2, -0.15) is 0 Å². The summed E-state index contributed by atoms with van der Waals surface area (Å²) in [7, 11) is 0. The highest BCUT2D eigenvalue weighted by Crippen LogP contribution is 2.18. The molecule has 13 heavy (non-hydrogen) atoms. The Morgan fingerprint density at radius 1 is 1.69 bits per heavy atom. The van der Waals surface area contributed by atoms with Crippen molar-refractivity contribution >= 4 is 0 Å². The van der Waals surface area contributed by atoms with E-state index in [2.05, 4.69) is 18.5 Å². The summed E-state index contributed by atoms with van der Waals surface area (Å²) in [5.41, 5.74) is 8.41. The van der Waals surface area contributed by atoms with Gasteiger partial charge in [-0.1, -0.05) is 13.0 Å². The zero-order valence-corrected chi connectivity index (χ0v) is 8.03. The normalized spacial score (nSPS) is 12.5. The average Bonchev–Trinajstić information content (AvgIpc) is 2.18. The van der Waals surface area contributed by atoms with Crippen LogP contribution in [0.25, 0.3) is 0 Å². The highest BCUT2D eigenvalue weighted by atomic mass is 14.7. The molecule has 0 saturated heterocycles. The zero-order chi connectivity index (χ0) is 9.68. The van der Waals surface area contributed by atoms with E-state index in [1.54, 1.807) is 6.20 Å². The van der Waals surface area contributed by atoms with Crippen LogP contribution in [0, 0.1) is 0 Å². The van der Waals surface area contributed by atoms with Gasteiger partial charge in [-0.3, -0.25) is 4.98 Å². The Morgan fingerprint density at radius 2 is 2.46 bits per heavy atom. The maximum atomic E-state index is 5.98. The molecule has 0 saturated carbocycles. The maximum absolute atomic E-state index is 5.98. The van der Waals surface area contributed by atoms with E-state index in [9.17, 15) is 0 Å². The highest BCUT2D eigenvalue weighted by molar-refractivity contribution is 5.26. The monoisotopic (exact) mass is 176 g/mol. The molecule has 0 aromatic carbocycles. The van der Waals surface area contributed by atoms with Gasteiger partial charge in [0.05, 0.1) is 0 Å². The van der Waals surface area contributed by atoms with Gasteiger partial charge >= 0.3 is 0 Å². The van der Waals surface area contributed by atoms with E-state index in [4.69, 9.17) is 5.73 Å². The van der Waals surface area contributed by atoms with Crippen LogP contribution < -0.4 is 5.73 Å². The molecule has 0 spiro atoms. The number of pyridine rings is 1. The number of rotatable bonds is 4. The molecule has 0 bridgehead atoms. The molecule has 2 N–H and O–H groups in total. The average molecular weight is 176 g/mol. The van der Waals surface area contributed by atoms with Gasteiger partial charge in [0.2, 0.25) is 0 Å². The summed E-state index contributed by atoms with van der Waals surface area (Å²) in [5.74, 6) is 0. The molecule has 1 unspecified atom stereocenters. The number of nitrogens with two attached hydrogens (primary N) is 1. The third-order valence-electron chi connectivity index (χ3n) is 2.14. The lowest BCUT2D eigenvalue weighted by atomic mass is 9.99. The lowest BCUT2D eigenvalue weighted by Gasteiger charge is -2.12. The predicted octanol–water partition coefficient (Wildman–Crippen LogP) is 2.22. The van der Waals surface area contributed by atoms with Crippen molar-refractivity contribution in [2.45, 2.75) is 25.8 Å². The van der Waals surface area contributed by atoms with Crippen LogP contribution in [0.15, 0.2) is 31.1 Å². The molecule has 0 aliphatic carbocycles.